The minimum atomic E-state index is -0.590. The van der Waals surface area contributed by atoms with Crippen molar-refractivity contribution >= 4 is 27.8 Å². The Kier molecular flexibility index (Phi) is 5.70. The molecule has 0 aliphatic rings. The number of hydrogen-bond donors (Lipinski definition) is 1. The van der Waals surface area contributed by atoms with E-state index in [0.29, 0.717) is 6.61 Å². The Morgan fingerprint density at radius 2 is 2.00 bits per heavy atom. The van der Waals surface area contributed by atoms with E-state index in [1.54, 1.807) is 20.8 Å². The van der Waals surface area contributed by atoms with Crippen molar-refractivity contribution in [3.8, 4) is 0 Å². The molecule has 0 spiro atoms. The molecule has 2 atom stereocenters. The Morgan fingerprint density at radius 1 is 1.46 bits per heavy atom. The third kappa shape index (κ3) is 4.87. The Labute approximate surface area is 86.1 Å². The minimum absolute atomic E-state index is 0.222. The average molecular weight is 252 g/mol. The van der Waals surface area contributed by atoms with E-state index in [2.05, 4.69) is 21.2 Å². The van der Waals surface area contributed by atoms with E-state index in [9.17, 15) is 9.59 Å². The molecule has 0 bridgehead atoms. The van der Waals surface area contributed by atoms with Crippen LogP contribution in [-0.2, 0) is 14.3 Å². The first-order valence-electron chi connectivity index (χ1n) is 4.10. The molecule has 5 heteroatoms. The lowest BCUT2D eigenvalue weighted by molar-refractivity contribution is -0.146. The van der Waals surface area contributed by atoms with Crippen molar-refractivity contribution in [1.82, 2.24) is 5.32 Å². The summed E-state index contributed by atoms with van der Waals surface area (Å²) in [5.74, 6) is -0.635. The predicted octanol–water partition coefficient (Wildman–Crippen LogP) is 0.838. The topological polar surface area (TPSA) is 55.4 Å². The van der Waals surface area contributed by atoms with E-state index in [0.717, 1.165) is 0 Å². The first-order chi connectivity index (χ1) is 5.99. The van der Waals surface area contributed by atoms with Crippen LogP contribution in [0.25, 0.3) is 0 Å². The summed E-state index contributed by atoms with van der Waals surface area (Å²) < 4.78 is 4.72. The monoisotopic (exact) mass is 251 g/mol. The van der Waals surface area contributed by atoms with Crippen LogP contribution in [0.1, 0.15) is 20.8 Å². The van der Waals surface area contributed by atoms with Crippen LogP contribution in [0.2, 0.25) is 0 Å². The Bertz CT molecular complexity index is 194. The summed E-state index contributed by atoms with van der Waals surface area (Å²) >= 11 is 3.09. The molecule has 1 amide bonds. The van der Waals surface area contributed by atoms with Crippen molar-refractivity contribution in [3.05, 3.63) is 0 Å². The maximum absolute atomic E-state index is 11.1. The Hall–Kier alpha value is -0.580. The molecule has 4 nitrogen and oxygen atoms in total. The van der Waals surface area contributed by atoms with Crippen molar-refractivity contribution in [2.75, 3.05) is 6.61 Å². The van der Waals surface area contributed by atoms with Crippen LogP contribution < -0.4 is 5.32 Å². The molecule has 76 valence electrons. The van der Waals surface area contributed by atoms with Crippen LogP contribution in [0.5, 0.6) is 0 Å². The first-order valence-corrected chi connectivity index (χ1v) is 5.01. The Balaban J connectivity index is 3.92. The van der Waals surface area contributed by atoms with E-state index in [-0.39, 0.29) is 10.7 Å². The van der Waals surface area contributed by atoms with Gasteiger partial charge in [0.05, 0.1) is 11.4 Å². The zero-order chi connectivity index (χ0) is 10.4. The fourth-order valence-corrected chi connectivity index (χ4v) is 0.787. The number of amides is 1. The lowest BCUT2D eigenvalue weighted by Crippen LogP contribution is -2.42. The molecule has 0 saturated heterocycles. The normalized spacial score (nSPS) is 14.5. The smallest absolute Gasteiger partial charge is 0.328 e. The predicted molar refractivity (Wildman–Crippen MR) is 52.6 cm³/mol. The van der Waals surface area contributed by atoms with Gasteiger partial charge in [0.1, 0.15) is 6.04 Å². The molecule has 0 aromatic rings. The van der Waals surface area contributed by atoms with Gasteiger partial charge in [0.2, 0.25) is 5.91 Å². The molecule has 0 aliphatic heterocycles. The molecule has 0 aromatic carbocycles. The molecule has 0 radical (unpaired) electrons. The van der Waals surface area contributed by atoms with E-state index in [1.165, 1.54) is 0 Å². The fourth-order valence-electron chi connectivity index (χ4n) is 0.654. The highest BCUT2D eigenvalue weighted by atomic mass is 79.9. The SMILES string of the molecule is CCOC(=O)C(C)NC(=O)C(C)Br. The maximum Gasteiger partial charge on any atom is 0.328 e. The van der Waals surface area contributed by atoms with Crippen molar-refractivity contribution in [3.63, 3.8) is 0 Å². The summed E-state index contributed by atoms with van der Waals surface area (Å²) in [5, 5.41) is 2.50. The van der Waals surface area contributed by atoms with Crippen molar-refractivity contribution in [2.24, 2.45) is 0 Å². The van der Waals surface area contributed by atoms with Gasteiger partial charge in [0, 0.05) is 0 Å². The molecule has 2 unspecified atom stereocenters. The van der Waals surface area contributed by atoms with Crippen LogP contribution in [0.3, 0.4) is 0 Å². The van der Waals surface area contributed by atoms with Crippen LogP contribution in [-0.4, -0.2) is 29.4 Å². The average Bonchev–Trinajstić information content (AvgIpc) is 2.04. The third-order valence-electron chi connectivity index (χ3n) is 1.36. The van der Waals surface area contributed by atoms with Gasteiger partial charge in [-0.05, 0) is 20.8 Å². The van der Waals surface area contributed by atoms with E-state index in [1.807, 2.05) is 0 Å². The molecule has 0 aromatic heterocycles. The molecule has 0 rings (SSSR count). The van der Waals surface area contributed by atoms with Gasteiger partial charge in [-0.25, -0.2) is 4.79 Å². The van der Waals surface area contributed by atoms with Gasteiger partial charge >= 0.3 is 5.97 Å². The van der Waals surface area contributed by atoms with Gasteiger partial charge in [-0.1, -0.05) is 15.9 Å². The largest absolute Gasteiger partial charge is 0.464 e. The lowest BCUT2D eigenvalue weighted by atomic mass is 10.3. The number of ether oxygens (including phenoxy) is 1. The zero-order valence-corrected chi connectivity index (χ0v) is 9.55. The van der Waals surface area contributed by atoms with Crippen molar-refractivity contribution in [1.29, 1.82) is 0 Å². The van der Waals surface area contributed by atoms with E-state index in [4.69, 9.17) is 4.74 Å². The number of nitrogens with one attached hydrogen (secondary N) is 1. The number of hydrogen-bond acceptors (Lipinski definition) is 3. The summed E-state index contributed by atoms with van der Waals surface area (Å²) in [6.07, 6.45) is 0. The standard InChI is InChI=1S/C8H14BrNO3/c1-4-13-8(12)6(3)10-7(11)5(2)9/h5-6H,4H2,1-3H3,(H,10,11). The van der Waals surface area contributed by atoms with Gasteiger partial charge < -0.3 is 10.1 Å². The molecule has 0 heterocycles. The number of carbonyl (C=O) groups excluding carboxylic acids is 2. The molecule has 0 fully saturated rings. The Morgan fingerprint density at radius 3 is 2.38 bits per heavy atom. The van der Waals surface area contributed by atoms with Gasteiger partial charge in [0.25, 0.3) is 0 Å². The zero-order valence-electron chi connectivity index (χ0n) is 7.96. The number of halogens is 1. The number of alkyl halides is 1. The lowest BCUT2D eigenvalue weighted by Gasteiger charge is -2.13. The number of carbonyl (C=O) groups is 2. The van der Waals surface area contributed by atoms with Gasteiger partial charge in [-0.15, -0.1) is 0 Å². The second kappa shape index (κ2) is 5.96. The summed E-state index contributed by atoms with van der Waals surface area (Å²) in [6, 6.07) is -0.590. The van der Waals surface area contributed by atoms with Gasteiger partial charge in [-0.3, -0.25) is 4.79 Å². The van der Waals surface area contributed by atoms with Crippen molar-refractivity contribution < 1.29 is 14.3 Å². The second-order valence-electron chi connectivity index (χ2n) is 2.60. The third-order valence-corrected chi connectivity index (χ3v) is 1.78. The maximum atomic E-state index is 11.1. The second-order valence-corrected chi connectivity index (χ2v) is 3.97. The first kappa shape index (κ1) is 12.4. The highest BCUT2D eigenvalue weighted by Crippen LogP contribution is 1.98. The molecular weight excluding hydrogens is 238 g/mol. The van der Waals surface area contributed by atoms with Crippen molar-refractivity contribution in [2.45, 2.75) is 31.6 Å². The highest BCUT2D eigenvalue weighted by Gasteiger charge is 2.18. The van der Waals surface area contributed by atoms with Crippen LogP contribution in [0, 0.1) is 0 Å². The fraction of sp³-hybridized carbons (Fsp3) is 0.750. The summed E-state index contributed by atoms with van der Waals surface area (Å²) in [5.41, 5.74) is 0. The quantitative estimate of drug-likeness (QED) is 0.595. The number of rotatable bonds is 4. The van der Waals surface area contributed by atoms with Crippen LogP contribution >= 0.6 is 15.9 Å². The highest BCUT2D eigenvalue weighted by molar-refractivity contribution is 9.10. The molecular formula is C8H14BrNO3. The van der Waals surface area contributed by atoms with E-state index < -0.39 is 12.0 Å². The molecule has 13 heavy (non-hydrogen) atoms. The summed E-state index contributed by atoms with van der Waals surface area (Å²) in [6.45, 7) is 5.32. The molecule has 1 N–H and O–H groups in total. The summed E-state index contributed by atoms with van der Waals surface area (Å²) in [7, 11) is 0. The van der Waals surface area contributed by atoms with Gasteiger partial charge in [0.15, 0.2) is 0 Å². The van der Waals surface area contributed by atoms with E-state index >= 15 is 0 Å². The van der Waals surface area contributed by atoms with Crippen LogP contribution in [0.15, 0.2) is 0 Å². The van der Waals surface area contributed by atoms with Crippen LogP contribution in [0.4, 0.5) is 0 Å². The number of esters is 1. The minimum Gasteiger partial charge on any atom is -0.464 e. The summed E-state index contributed by atoms with van der Waals surface area (Å²) in [4.78, 5) is 21.8. The van der Waals surface area contributed by atoms with Gasteiger partial charge in [-0.2, -0.15) is 0 Å². The molecule has 0 aliphatic carbocycles. The molecule has 0 saturated carbocycles.